The number of hydrogen-bond acceptors (Lipinski definition) is 2. The van der Waals surface area contributed by atoms with Crippen LogP contribution in [0.3, 0.4) is 0 Å². The summed E-state index contributed by atoms with van der Waals surface area (Å²) in [5, 5.41) is 7.32. The predicted molar refractivity (Wildman–Crippen MR) is 130 cm³/mol. The minimum Gasteiger partial charge on any atom is -0.295 e. The van der Waals surface area contributed by atoms with Crippen molar-refractivity contribution in [1.29, 1.82) is 0 Å². The van der Waals surface area contributed by atoms with Crippen LogP contribution in [0.25, 0.3) is 0 Å². The normalized spacial score (nSPS) is 14.8. The molecule has 30 heavy (non-hydrogen) atoms. The molecule has 0 heterocycles. The second-order valence-electron chi connectivity index (χ2n) is 7.50. The Balaban J connectivity index is 2.16. The van der Waals surface area contributed by atoms with Gasteiger partial charge in [-0.1, -0.05) is 104 Å². The molecule has 3 atom stereocenters. The van der Waals surface area contributed by atoms with E-state index in [0.29, 0.717) is 0 Å². The van der Waals surface area contributed by atoms with Gasteiger partial charge >= 0.3 is 0 Å². The van der Waals surface area contributed by atoms with Crippen molar-refractivity contribution in [3.8, 4) is 12.3 Å². The summed E-state index contributed by atoms with van der Waals surface area (Å²) in [6.07, 6.45) is 16.0. The van der Waals surface area contributed by atoms with Crippen molar-refractivity contribution in [1.82, 2.24) is 10.6 Å². The lowest BCUT2D eigenvalue weighted by Gasteiger charge is -2.27. The van der Waals surface area contributed by atoms with Crippen LogP contribution >= 0.6 is 0 Å². The minimum absolute atomic E-state index is 0.0280. The number of hydrogen-bond donors (Lipinski definition) is 2. The Hall–Kier alpha value is -2.86. The lowest BCUT2D eigenvalue weighted by Crippen LogP contribution is -2.44. The van der Waals surface area contributed by atoms with Crippen LogP contribution in [0.1, 0.15) is 55.5 Å². The maximum atomic E-state index is 5.87. The van der Waals surface area contributed by atoms with Gasteiger partial charge < -0.3 is 0 Å². The number of aryl methyl sites for hydroxylation is 1. The summed E-state index contributed by atoms with van der Waals surface area (Å²) in [7, 11) is 0. The average molecular weight is 399 g/mol. The van der Waals surface area contributed by atoms with Gasteiger partial charge in [-0.25, -0.2) is 0 Å². The second kappa shape index (κ2) is 12.6. The molecule has 0 radical (unpaired) electrons. The molecule has 2 heteroatoms. The molecule has 0 saturated carbocycles. The predicted octanol–water partition coefficient (Wildman–Crippen LogP) is 6.40. The summed E-state index contributed by atoms with van der Waals surface area (Å²) in [6, 6.07) is 18.8. The molecular formula is C28H34N2. The van der Waals surface area contributed by atoms with Crippen LogP contribution in [0.5, 0.6) is 0 Å². The largest absolute Gasteiger partial charge is 0.295 e. The first-order chi connectivity index (χ1) is 14.6. The Morgan fingerprint density at radius 2 is 1.83 bits per heavy atom. The first-order valence-corrected chi connectivity index (χ1v) is 10.6. The van der Waals surface area contributed by atoms with Crippen molar-refractivity contribution in [2.45, 2.75) is 51.9 Å². The fourth-order valence-electron chi connectivity index (χ4n) is 3.35. The molecule has 0 aliphatic carbocycles. The van der Waals surface area contributed by atoms with Gasteiger partial charge in [0.2, 0.25) is 0 Å². The molecule has 2 aromatic rings. The third-order valence-corrected chi connectivity index (χ3v) is 5.15. The van der Waals surface area contributed by atoms with Crippen molar-refractivity contribution < 1.29 is 0 Å². The second-order valence-corrected chi connectivity index (χ2v) is 7.50. The van der Waals surface area contributed by atoms with Gasteiger partial charge in [-0.15, -0.1) is 6.42 Å². The van der Waals surface area contributed by atoms with Gasteiger partial charge in [-0.3, -0.25) is 10.6 Å². The lowest BCUT2D eigenvalue weighted by atomic mass is 10.0. The zero-order valence-corrected chi connectivity index (χ0v) is 18.4. The third kappa shape index (κ3) is 7.52. The van der Waals surface area contributed by atoms with Crippen molar-refractivity contribution >= 4 is 0 Å². The molecule has 0 bridgehead atoms. The van der Waals surface area contributed by atoms with E-state index in [1.165, 1.54) is 16.7 Å². The molecule has 2 aromatic carbocycles. The molecule has 0 aliphatic heterocycles. The standard InChI is InChI=1S/C28H34N2/c1-6-24(7-2)16-12-13-20-28(29-23(5)26-19-14-15-22(4)21-26)30-27(8-3)25-17-10-9-11-18-25/h3,6,9-19,21,23,27-30H,1,7,20H2,2,4-5H3/b13-12-,24-16+/t23?,27-,28?/m1/s1. The highest BCUT2D eigenvalue weighted by Crippen LogP contribution is 2.17. The van der Waals surface area contributed by atoms with E-state index < -0.39 is 0 Å². The lowest BCUT2D eigenvalue weighted by molar-refractivity contribution is 0.372. The van der Waals surface area contributed by atoms with Gasteiger partial charge in [0, 0.05) is 6.04 Å². The highest BCUT2D eigenvalue weighted by Gasteiger charge is 2.17. The Morgan fingerprint density at radius 3 is 2.47 bits per heavy atom. The Kier molecular flexibility index (Phi) is 9.87. The van der Waals surface area contributed by atoms with E-state index in [1.807, 2.05) is 24.3 Å². The van der Waals surface area contributed by atoms with Crippen molar-refractivity contribution in [2.75, 3.05) is 0 Å². The van der Waals surface area contributed by atoms with E-state index in [2.05, 4.69) is 98.5 Å². The topological polar surface area (TPSA) is 24.1 Å². The van der Waals surface area contributed by atoms with E-state index in [0.717, 1.165) is 18.4 Å². The minimum atomic E-state index is -0.156. The highest BCUT2D eigenvalue weighted by molar-refractivity contribution is 5.27. The Bertz CT molecular complexity index is 886. The van der Waals surface area contributed by atoms with E-state index in [1.54, 1.807) is 0 Å². The van der Waals surface area contributed by atoms with Crippen LogP contribution in [0.4, 0.5) is 0 Å². The number of nitrogens with one attached hydrogen (secondary N) is 2. The first kappa shape index (κ1) is 23.4. The smallest absolute Gasteiger partial charge is 0.0955 e. The molecule has 0 amide bonds. The van der Waals surface area contributed by atoms with Gasteiger partial charge in [-0.2, -0.15) is 0 Å². The molecule has 0 fully saturated rings. The van der Waals surface area contributed by atoms with E-state index >= 15 is 0 Å². The maximum Gasteiger partial charge on any atom is 0.0955 e. The average Bonchev–Trinajstić information content (AvgIpc) is 2.77. The molecule has 156 valence electrons. The summed E-state index contributed by atoms with van der Waals surface area (Å²) >= 11 is 0. The van der Waals surface area contributed by atoms with Gasteiger partial charge in [0.15, 0.2) is 0 Å². The van der Waals surface area contributed by atoms with E-state index in [9.17, 15) is 0 Å². The molecule has 2 rings (SSSR count). The number of terminal acetylenes is 1. The van der Waals surface area contributed by atoms with Gasteiger partial charge in [0.25, 0.3) is 0 Å². The van der Waals surface area contributed by atoms with Gasteiger partial charge in [0.1, 0.15) is 0 Å². The molecule has 0 aliphatic rings. The Labute approximate surface area is 182 Å². The quantitative estimate of drug-likeness (QED) is 0.260. The van der Waals surface area contributed by atoms with Crippen LogP contribution in [0, 0.1) is 19.3 Å². The molecule has 2 nitrogen and oxygen atoms in total. The van der Waals surface area contributed by atoms with Gasteiger partial charge in [-0.05, 0) is 43.4 Å². The molecule has 2 unspecified atom stereocenters. The summed E-state index contributed by atoms with van der Waals surface area (Å²) < 4.78 is 0. The van der Waals surface area contributed by atoms with Crippen molar-refractivity contribution in [2.24, 2.45) is 0 Å². The zero-order chi connectivity index (χ0) is 21.8. The fourth-order valence-corrected chi connectivity index (χ4v) is 3.35. The molecule has 0 saturated heterocycles. The summed E-state index contributed by atoms with van der Waals surface area (Å²) in [5.41, 5.74) is 4.85. The summed E-state index contributed by atoms with van der Waals surface area (Å²) in [4.78, 5) is 0. The summed E-state index contributed by atoms with van der Waals surface area (Å²) in [5.74, 6) is 2.90. The fraction of sp³-hybridized carbons (Fsp3) is 0.286. The van der Waals surface area contributed by atoms with Crippen LogP contribution in [0.15, 0.2) is 91.1 Å². The van der Waals surface area contributed by atoms with Crippen LogP contribution < -0.4 is 10.6 Å². The van der Waals surface area contributed by atoms with E-state index in [4.69, 9.17) is 6.42 Å². The zero-order valence-electron chi connectivity index (χ0n) is 18.4. The molecule has 2 N–H and O–H groups in total. The molecule has 0 spiro atoms. The third-order valence-electron chi connectivity index (χ3n) is 5.15. The van der Waals surface area contributed by atoms with Crippen LogP contribution in [0.2, 0.25) is 0 Å². The Morgan fingerprint density at radius 1 is 1.10 bits per heavy atom. The SMILES string of the molecule is C#C[C@@H](NC(C/C=C\C=C(/C=C)CC)NC(C)c1cccc(C)c1)c1ccccc1. The summed E-state index contributed by atoms with van der Waals surface area (Å²) in [6.45, 7) is 10.3. The first-order valence-electron chi connectivity index (χ1n) is 10.6. The van der Waals surface area contributed by atoms with Crippen LogP contribution in [-0.4, -0.2) is 6.17 Å². The number of benzene rings is 2. The number of rotatable bonds is 11. The van der Waals surface area contributed by atoms with Crippen LogP contribution in [-0.2, 0) is 0 Å². The number of allylic oxidation sites excluding steroid dienone is 4. The maximum absolute atomic E-state index is 5.87. The molecule has 0 aromatic heterocycles. The van der Waals surface area contributed by atoms with Gasteiger partial charge in [0.05, 0.1) is 12.2 Å². The van der Waals surface area contributed by atoms with Crippen molar-refractivity contribution in [3.63, 3.8) is 0 Å². The van der Waals surface area contributed by atoms with E-state index in [-0.39, 0.29) is 18.2 Å². The highest BCUT2D eigenvalue weighted by atomic mass is 15.1. The monoisotopic (exact) mass is 398 g/mol. The van der Waals surface area contributed by atoms with Crippen molar-refractivity contribution in [3.05, 3.63) is 108 Å². The molecular weight excluding hydrogens is 364 g/mol.